The summed E-state index contributed by atoms with van der Waals surface area (Å²) in [6, 6.07) is 17.3. The van der Waals surface area contributed by atoms with Crippen LogP contribution >= 0.6 is 0 Å². The first-order valence-electron chi connectivity index (χ1n) is 12.6. The van der Waals surface area contributed by atoms with Crippen molar-refractivity contribution >= 4 is 29.0 Å². The number of alkyl carbamates (subject to hydrolysis) is 1. The molecule has 2 amide bonds. The highest BCUT2D eigenvalue weighted by Gasteiger charge is 2.44. The lowest BCUT2D eigenvalue weighted by atomic mass is 10.1. The standard InChI is InChI=1S/C27H28N6O7/c34-12-19-21(35)22(36)26(40-19)33-15-30-20-23(28-14-29-24(20)33)32-25(37)18(11-16-7-3-1-4-8-16)31-27(38)39-13-17-9-5-2-6-10-17/h1-10,14-15,18-19,21-22,26,34-36H,11-13H2,(H,31,38)(H,28,29,32,37)/t18-,19-,21+,22-,26-/m1/s1. The van der Waals surface area contributed by atoms with Crippen molar-refractivity contribution in [1.82, 2.24) is 24.8 Å². The lowest BCUT2D eigenvalue weighted by Crippen LogP contribution is -2.45. The molecule has 5 atom stereocenters. The number of fused-ring (bicyclic) bond motifs is 1. The van der Waals surface area contributed by atoms with Gasteiger partial charge in [-0.15, -0.1) is 0 Å². The van der Waals surface area contributed by atoms with Gasteiger partial charge in [-0.2, -0.15) is 0 Å². The zero-order valence-corrected chi connectivity index (χ0v) is 21.2. The average Bonchev–Trinajstić information content (AvgIpc) is 3.53. The molecule has 1 aliphatic heterocycles. The van der Waals surface area contributed by atoms with Crippen molar-refractivity contribution in [3.8, 4) is 0 Å². The molecule has 0 bridgehead atoms. The summed E-state index contributed by atoms with van der Waals surface area (Å²) in [6.07, 6.45) is -2.75. The molecule has 208 valence electrons. The molecule has 0 saturated carbocycles. The fraction of sp³-hybridized carbons (Fsp3) is 0.296. The molecule has 0 radical (unpaired) electrons. The lowest BCUT2D eigenvalue weighted by molar-refractivity contribution is -0.118. The molecule has 4 aromatic rings. The zero-order valence-electron chi connectivity index (χ0n) is 21.2. The van der Waals surface area contributed by atoms with E-state index in [1.165, 1.54) is 17.2 Å². The Balaban J connectivity index is 1.34. The smallest absolute Gasteiger partial charge is 0.408 e. The first kappa shape index (κ1) is 27.1. The maximum atomic E-state index is 13.4. The predicted octanol–water partition coefficient (Wildman–Crippen LogP) is 0.914. The Morgan fingerprint density at radius 3 is 2.35 bits per heavy atom. The van der Waals surface area contributed by atoms with Crippen LogP contribution in [-0.4, -0.2) is 77.8 Å². The summed E-state index contributed by atoms with van der Waals surface area (Å²) in [7, 11) is 0. The van der Waals surface area contributed by atoms with Crippen molar-refractivity contribution < 1.29 is 34.4 Å². The van der Waals surface area contributed by atoms with Crippen LogP contribution in [0.4, 0.5) is 10.6 Å². The van der Waals surface area contributed by atoms with Crippen molar-refractivity contribution in [3.05, 3.63) is 84.4 Å². The van der Waals surface area contributed by atoms with Crippen LogP contribution < -0.4 is 10.6 Å². The van der Waals surface area contributed by atoms with Gasteiger partial charge in [-0.25, -0.2) is 19.7 Å². The predicted molar refractivity (Wildman–Crippen MR) is 141 cm³/mol. The molecule has 1 aliphatic rings. The molecule has 13 nitrogen and oxygen atoms in total. The van der Waals surface area contributed by atoms with E-state index in [9.17, 15) is 24.9 Å². The van der Waals surface area contributed by atoms with E-state index in [1.54, 1.807) is 0 Å². The van der Waals surface area contributed by atoms with E-state index in [-0.39, 0.29) is 30.0 Å². The molecule has 5 rings (SSSR count). The summed E-state index contributed by atoms with van der Waals surface area (Å²) >= 11 is 0. The van der Waals surface area contributed by atoms with Crippen molar-refractivity contribution in [2.75, 3.05) is 11.9 Å². The Hall–Kier alpha value is -4.43. The van der Waals surface area contributed by atoms with Gasteiger partial charge in [0.25, 0.3) is 0 Å². The number of amides is 2. The third kappa shape index (κ3) is 5.92. The topological polar surface area (TPSA) is 181 Å². The van der Waals surface area contributed by atoms with Crippen molar-refractivity contribution in [3.63, 3.8) is 0 Å². The van der Waals surface area contributed by atoms with Crippen molar-refractivity contribution in [2.24, 2.45) is 0 Å². The zero-order chi connectivity index (χ0) is 28.1. The van der Waals surface area contributed by atoms with Gasteiger partial charge in [0.05, 0.1) is 12.9 Å². The number of nitrogens with one attached hydrogen (secondary N) is 2. The highest BCUT2D eigenvalue weighted by Crippen LogP contribution is 2.32. The van der Waals surface area contributed by atoms with E-state index in [0.717, 1.165) is 11.1 Å². The summed E-state index contributed by atoms with van der Waals surface area (Å²) in [5.41, 5.74) is 2.02. The quantitative estimate of drug-likeness (QED) is 0.202. The van der Waals surface area contributed by atoms with Crippen LogP contribution in [0.1, 0.15) is 17.4 Å². The number of aliphatic hydroxyl groups is 3. The molecule has 2 aromatic carbocycles. The Morgan fingerprint density at radius 2 is 1.68 bits per heavy atom. The van der Waals surface area contributed by atoms with E-state index in [4.69, 9.17) is 9.47 Å². The van der Waals surface area contributed by atoms with Crippen molar-refractivity contribution in [2.45, 2.75) is 43.6 Å². The maximum absolute atomic E-state index is 13.4. The van der Waals surface area contributed by atoms with Crippen LogP contribution in [-0.2, 0) is 27.3 Å². The second-order valence-electron chi connectivity index (χ2n) is 9.21. The largest absolute Gasteiger partial charge is 0.445 e. The highest BCUT2D eigenvalue weighted by molar-refractivity contribution is 6.00. The summed E-state index contributed by atoms with van der Waals surface area (Å²) in [6.45, 7) is -0.446. The van der Waals surface area contributed by atoms with Crippen LogP contribution in [0, 0.1) is 0 Å². The number of hydrogen-bond acceptors (Lipinski definition) is 10. The second-order valence-corrected chi connectivity index (χ2v) is 9.21. The molecular weight excluding hydrogens is 520 g/mol. The number of rotatable bonds is 9. The number of anilines is 1. The van der Waals surface area contributed by atoms with Gasteiger partial charge in [0.2, 0.25) is 5.91 Å². The van der Waals surface area contributed by atoms with E-state index in [2.05, 4.69) is 25.6 Å². The maximum Gasteiger partial charge on any atom is 0.408 e. The molecule has 40 heavy (non-hydrogen) atoms. The minimum Gasteiger partial charge on any atom is -0.445 e. The SMILES string of the molecule is O=C(N[C@H](Cc1ccccc1)C(=O)Nc1ncnc2c1ncn2[C@@H]1O[C@H](CO)[C@H](O)[C@H]1O)OCc1ccccc1. The number of aromatic nitrogens is 4. The number of ether oxygens (including phenoxy) is 2. The van der Waals surface area contributed by atoms with Crippen LogP contribution in [0.25, 0.3) is 11.2 Å². The first-order chi connectivity index (χ1) is 19.4. The molecule has 5 N–H and O–H groups in total. The number of benzene rings is 2. The summed E-state index contributed by atoms with van der Waals surface area (Å²) in [5.74, 6) is -0.499. The minimum atomic E-state index is -1.34. The van der Waals surface area contributed by atoms with Gasteiger partial charge in [-0.3, -0.25) is 9.36 Å². The second kappa shape index (κ2) is 12.2. The van der Waals surface area contributed by atoms with Crippen molar-refractivity contribution in [1.29, 1.82) is 0 Å². The van der Waals surface area contributed by atoms with Gasteiger partial charge in [0.1, 0.15) is 37.3 Å². The molecule has 3 heterocycles. The van der Waals surface area contributed by atoms with E-state index < -0.39 is 49.2 Å². The number of hydrogen-bond donors (Lipinski definition) is 5. The fourth-order valence-electron chi connectivity index (χ4n) is 4.41. The Bertz CT molecular complexity index is 1450. The average molecular weight is 549 g/mol. The summed E-state index contributed by atoms with van der Waals surface area (Å²) in [4.78, 5) is 38.6. The number of imidazole rings is 1. The number of nitrogens with zero attached hydrogens (tertiary/aromatic N) is 4. The lowest BCUT2D eigenvalue weighted by Gasteiger charge is -2.19. The van der Waals surface area contributed by atoms with Crippen LogP contribution in [0.2, 0.25) is 0 Å². The van der Waals surface area contributed by atoms with Gasteiger partial charge in [-0.05, 0) is 11.1 Å². The molecule has 0 unspecified atom stereocenters. The van der Waals surface area contributed by atoms with Crippen LogP contribution in [0.5, 0.6) is 0 Å². The fourth-order valence-corrected chi connectivity index (χ4v) is 4.41. The molecule has 2 aromatic heterocycles. The number of carbonyl (C=O) groups is 2. The Kier molecular flexibility index (Phi) is 8.26. The van der Waals surface area contributed by atoms with Crippen LogP contribution in [0.3, 0.4) is 0 Å². The van der Waals surface area contributed by atoms with Gasteiger partial charge in [0, 0.05) is 6.42 Å². The Labute approximate surface area is 228 Å². The first-order valence-corrected chi connectivity index (χ1v) is 12.6. The third-order valence-electron chi connectivity index (χ3n) is 6.50. The van der Waals surface area contributed by atoms with Gasteiger partial charge < -0.3 is 35.4 Å². The Morgan fingerprint density at radius 1 is 0.975 bits per heavy atom. The number of carbonyl (C=O) groups excluding carboxylic acids is 2. The number of aliphatic hydroxyl groups excluding tert-OH is 3. The van der Waals surface area contributed by atoms with Gasteiger partial charge in [0.15, 0.2) is 23.2 Å². The third-order valence-corrected chi connectivity index (χ3v) is 6.50. The highest BCUT2D eigenvalue weighted by atomic mass is 16.6. The summed E-state index contributed by atoms with van der Waals surface area (Å²) < 4.78 is 12.3. The molecular formula is C27H28N6O7. The van der Waals surface area contributed by atoms with E-state index in [1.807, 2.05) is 60.7 Å². The van der Waals surface area contributed by atoms with Crippen LogP contribution in [0.15, 0.2) is 73.3 Å². The van der Waals surface area contributed by atoms with E-state index in [0.29, 0.717) is 0 Å². The minimum absolute atomic E-state index is 0.0389. The molecule has 0 aliphatic carbocycles. The molecule has 1 fully saturated rings. The van der Waals surface area contributed by atoms with Gasteiger partial charge in [-0.1, -0.05) is 60.7 Å². The summed E-state index contributed by atoms with van der Waals surface area (Å²) in [5, 5.41) is 35.3. The van der Waals surface area contributed by atoms with E-state index >= 15 is 0 Å². The molecule has 13 heteroatoms. The molecule has 0 spiro atoms. The monoisotopic (exact) mass is 548 g/mol. The molecule has 1 saturated heterocycles. The normalized spacial score (nSPS) is 21.2. The van der Waals surface area contributed by atoms with Gasteiger partial charge >= 0.3 is 6.09 Å².